The fraction of sp³-hybridized carbons (Fsp3) is 0.889. The lowest BCUT2D eigenvalue weighted by atomic mass is 10.1. The normalized spacial score (nSPS) is 13.9. The van der Waals surface area contributed by atoms with E-state index in [9.17, 15) is 22.4 Å². The van der Waals surface area contributed by atoms with Crippen LogP contribution in [0, 0.1) is 0 Å². The van der Waals surface area contributed by atoms with Crippen LogP contribution in [0.1, 0.15) is 26.2 Å². The molecule has 0 rings (SSSR count). The molecule has 0 bridgehead atoms. The standard InChI is InChI=1S/C9H16F4N2O/c1-2-3-4-6(5-14)15-8(16)9(12,13)7(10)11/h6-7H,2-5,14H2,1H3,(H,15,16). The maximum atomic E-state index is 12.6. The molecule has 1 atom stereocenters. The van der Waals surface area contributed by atoms with Gasteiger partial charge in [-0.15, -0.1) is 0 Å². The van der Waals surface area contributed by atoms with Crippen molar-refractivity contribution in [2.45, 2.75) is 44.6 Å². The van der Waals surface area contributed by atoms with Crippen LogP contribution in [0.5, 0.6) is 0 Å². The van der Waals surface area contributed by atoms with Gasteiger partial charge in [0.15, 0.2) is 0 Å². The summed E-state index contributed by atoms with van der Waals surface area (Å²) in [5.41, 5.74) is 5.23. The van der Waals surface area contributed by atoms with Gasteiger partial charge >= 0.3 is 12.3 Å². The highest BCUT2D eigenvalue weighted by atomic mass is 19.3. The Kier molecular flexibility index (Phi) is 6.32. The molecule has 0 saturated carbocycles. The lowest BCUT2D eigenvalue weighted by molar-refractivity contribution is -0.170. The average molecular weight is 244 g/mol. The Morgan fingerprint density at radius 1 is 1.44 bits per heavy atom. The van der Waals surface area contributed by atoms with E-state index < -0.39 is 24.3 Å². The molecule has 0 aliphatic heterocycles. The zero-order chi connectivity index (χ0) is 12.8. The molecular weight excluding hydrogens is 228 g/mol. The van der Waals surface area contributed by atoms with Gasteiger partial charge in [0.05, 0.1) is 0 Å². The molecule has 1 amide bonds. The first kappa shape index (κ1) is 15.2. The summed E-state index contributed by atoms with van der Waals surface area (Å²) in [7, 11) is 0. The third-order valence-electron chi connectivity index (χ3n) is 2.10. The monoisotopic (exact) mass is 244 g/mol. The summed E-state index contributed by atoms with van der Waals surface area (Å²) in [5.74, 6) is -6.62. The molecule has 3 nitrogen and oxygen atoms in total. The second-order valence-corrected chi connectivity index (χ2v) is 3.47. The molecular formula is C9H16F4N2O. The van der Waals surface area contributed by atoms with Gasteiger partial charge in [0.2, 0.25) is 0 Å². The molecule has 96 valence electrons. The van der Waals surface area contributed by atoms with E-state index in [2.05, 4.69) is 0 Å². The van der Waals surface area contributed by atoms with Crippen LogP contribution < -0.4 is 11.1 Å². The predicted octanol–water partition coefficient (Wildman–Crippen LogP) is 1.52. The average Bonchev–Trinajstić information content (AvgIpc) is 2.23. The molecule has 16 heavy (non-hydrogen) atoms. The Morgan fingerprint density at radius 2 is 2.00 bits per heavy atom. The SMILES string of the molecule is CCCCC(CN)NC(=O)C(F)(F)C(F)F. The molecule has 1 unspecified atom stereocenters. The van der Waals surface area contributed by atoms with E-state index in [-0.39, 0.29) is 6.54 Å². The number of amides is 1. The topological polar surface area (TPSA) is 55.1 Å². The lowest BCUT2D eigenvalue weighted by Gasteiger charge is -2.20. The lowest BCUT2D eigenvalue weighted by Crippen LogP contribution is -2.50. The second kappa shape index (κ2) is 6.67. The largest absolute Gasteiger partial charge is 0.383 e. The zero-order valence-electron chi connectivity index (χ0n) is 8.98. The van der Waals surface area contributed by atoms with Crippen molar-refractivity contribution in [3.8, 4) is 0 Å². The van der Waals surface area contributed by atoms with Crippen molar-refractivity contribution in [2.24, 2.45) is 5.73 Å². The number of carbonyl (C=O) groups is 1. The van der Waals surface area contributed by atoms with Crippen molar-refractivity contribution in [3.63, 3.8) is 0 Å². The molecule has 0 spiro atoms. The predicted molar refractivity (Wildman–Crippen MR) is 51.5 cm³/mol. The first-order valence-electron chi connectivity index (χ1n) is 5.03. The minimum atomic E-state index is -4.65. The molecule has 0 aliphatic rings. The van der Waals surface area contributed by atoms with E-state index >= 15 is 0 Å². The minimum absolute atomic E-state index is 0.0505. The van der Waals surface area contributed by atoms with Crippen LogP contribution in [0.25, 0.3) is 0 Å². The van der Waals surface area contributed by atoms with Crippen LogP contribution in [-0.2, 0) is 4.79 Å². The Morgan fingerprint density at radius 3 is 2.38 bits per heavy atom. The number of rotatable bonds is 7. The molecule has 0 aliphatic carbocycles. The van der Waals surface area contributed by atoms with Gasteiger partial charge in [-0.3, -0.25) is 4.79 Å². The van der Waals surface area contributed by atoms with Crippen LogP contribution >= 0.6 is 0 Å². The highest BCUT2D eigenvalue weighted by molar-refractivity contribution is 5.84. The first-order valence-corrected chi connectivity index (χ1v) is 5.03. The molecule has 0 aromatic heterocycles. The summed E-state index contributed by atoms with van der Waals surface area (Å²) in [6.45, 7) is 1.83. The summed E-state index contributed by atoms with van der Waals surface area (Å²) in [6, 6.07) is -0.683. The number of nitrogens with one attached hydrogen (secondary N) is 1. The van der Waals surface area contributed by atoms with Crippen molar-refractivity contribution in [1.82, 2.24) is 5.32 Å². The number of halogens is 4. The molecule has 0 aromatic rings. The van der Waals surface area contributed by atoms with E-state index in [1.54, 1.807) is 0 Å². The number of hydrogen-bond donors (Lipinski definition) is 2. The van der Waals surface area contributed by atoms with Crippen LogP contribution in [0.15, 0.2) is 0 Å². The maximum Gasteiger partial charge on any atom is 0.383 e. The van der Waals surface area contributed by atoms with Crippen molar-refractivity contribution < 1.29 is 22.4 Å². The van der Waals surface area contributed by atoms with Gasteiger partial charge in [-0.2, -0.15) is 8.78 Å². The van der Waals surface area contributed by atoms with E-state index in [1.165, 1.54) is 0 Å². The molecule has 0 aromatic carbocycles. The highest BCUT2D eigenvalue weighted by Crippen LogP contribution is 2.23. The summed E-state index contributed by atoms with van der Waals surface area (Å²) in [6.07, 6.45) is -2.12. The number of nitrogens with two attached hydrogens (primary N) is 1. The van der Waals surface area contributed by atoms with Gasteiger partial charge in [-0.05, 0) is 6.42 Å². The molecule has 0 fully saturated rings. The van der Waals surface area contributed by atoms with Crippen LogP contribution in [0.3, 0.4) is 0 Å². The Labute approximate surface area is 91.4 Å². The third kappa shape index (κ3) is 4.34. The minimum Gasteiger partial charge on any atom is -0.347 e. The summed E-state index contributed by atoms with van der Waals surface area (Å²) < 4.78 is 48.8. The van der Waals surface area contributed by atoms with Crippen molar-refractivity contribution in [3.05, 3.63) is 0 Å². The quantitative estimate of drug-likeness (QED) is 0.667. The summed E-state index contributed by atoms with van der Waals surface area (Å²) >= 11 is 0. The highest BCUT2D eigenvalue weighted by Gasteiger charge is 2.49. The molecule has 7 heteroatoms. The van der Waals surface area contributed by atoms with Crippen LogP contribution in [0.2, 0.25) is 0 Å². The van der Waals surface area contributed by atoms with Crippen LogP contribution in [0.4, 0.5) is 17.6 Å². The Hall–Kier alpha value is -0.850. The summed E-state index contributed by atoms with van der Waals surface area (Å²) in [4.78, 5) is 10.8. The van der Waals surface area contributed by atoms with Gasteiger partial charge in [-0.1, -0.05) is 19.8 Å². The first-order chi connectivity index (χ1) is 7.36. The van der Waals surface area contributed by atoms with E-state index in [4.69, 9.17) is 5.73 Å². The van der Waals surface area contributed by atoms with Gasteiger partial charge in [0.1, 0.15) is 0 Å². The fourth-order valence-electron chi connectivity index (χ4n) is 1.08. The number of alkyl halides is 4. The van der Waals surface area contributed by atoms with Crippen LogP contribution in [-0.4, -0.2) is 30.8 Å². The smallest absolute Gasteiger partial charge is 0.347 e. The zero-order valence-corrected chi connectivity index (χ0v) is 8.98. The van der Waals surface area contributed by atoms with Gasteiger partial charge in [-0.25, -0.2) is 8.78 Å². The van der Waals surface area contributed by atoms with Gasteiger partial charge in [0.25, 0.3) is 5.91 Å². The van der Waals surface area contributed by atoms with Gasteiger partial charge in [0, 0.05) is 12.6 Å². The number of carbonyl (C=O) groups excluding carboxylic acids is 1. The van der Waals surface area contributed by atoms with Crippen molar-refractivity contribution in [2.75, 3.05) is 6.54 Å². The van der Waals surface area contributed by atoms with E-state index in [0.29, 0.717) is 12.8 Å². The van der Waals surface area contributed by atoms with Gasteiger partial charge < -0.3 is 11.1 Å². The molecule has 0 saturated heterocycles. The van der Waals surface area contributed by atoms with E-state index in [0.717, 1.165) is 6.42 Å². The van der Waals surface area contributed by atoms with Crippen molar-refractivity contribution in [1.29, 1.82) is 0 Å². The maximum absolute atomic E-state index is 12.6. The molecule has 3 N–H and O–H groups in total. The Bertz CT molecular complexity index is 224. The van der Waals surface area contributed by atoms with Crippen molar-refractivity contribution >= 4 is 5.91 Å². The fourth-order valence-corrected chi connectivity index (χ4v) is 1.08. The second-order valence-electron chi connectivity index (χ2n) is 3.47. The molecule has 0 heterocycles. The number of unbranched alkanes of at least 4 members (excludes halogenated alkanes) is 1. The van der Waals surface area contributed by atoms with E-state index in [1.807, 2.05) is 12.2 Å². The number of hydrogen-bond acceptors (Lipinski definition) is 2. The third-order valence-corrected chi connectivity index (χ3v) is 2.10. The summed E-state index contributed by atoms with van der Waals surface area (Å²) in [5, 5.41) is 1.83. The molecule has 0 radical (unpaired) electrons. The Balaban J connectivity index is 4.29.